The Morgan fingerprint density at radius 1 is 1.26 bits per heavy atom. The Hall–Kier alpha value is -2.57. The highest BCUT2D eigenvalue weighted by molar-refractivity contribution is 5.81. The monoisotopic (exact) mass is 314 g/mol. The number of aromatic nitrogens is 5. The van der Waals surface area contributed by atoms with Gasteiger partial charge in [-0.15, -0.1) is 5.10 Å². The van der Waals surface area contributed by atoms with E-state index < -0.39 is 0 Å². The second-order valence-corrected chi connectivity index (χ2v) is 5.57. The average molecular weight is 314 g/mol. The maximum absolute atomic E-state index is 13.8. The van der Waals surface area contributed by atoms with Crippen molar-refractivity contribution in [2.24, 2.45) is 0 Å². The molecule has 0 bridgehead atoms. The van der Waals surface area contributed by atoms with Gasteiger partial charge in [0.25, 0.3) is 0 Å². The normalized spacial score (nSPS) is 12.5. The summed E-state index contributed by atoms with van der Waals surface area (Å²) in [6.45, 7) is 4.52. The number of nitrogens with one attached hydrogen (secondary N) is 1. The summed E-state index contributed by atoms with van der Waals surface area (Å²) < 4.78 is 15.4. The van der Waals surface area contributed by atoms with Crippen molar-refractivity contribution in [2.75, 3.05) is 5.32 Å². The Morgan fingerprint density at radius 2 is 2.09 bits per heavy atom. The molecule has 1 N–H and O–H groups in total. The fraction of sp³-hybridized carbons (Fsp3) is 0.375. The molecule has 2 aromatic heterocycles. The predicted octanol–water partition coefficient (Wildman–Crippen LogP) is 3.01. The first-order valence-corrected chi connectivity index (χ1v) is 7.73. The fourth-order valence-corrected chi connectivity index (χ4v) is 2.53. The first-order valence-electron chi connectivity index (χ1n) is 7.73. The summed E-state index contributed by atoms with van der Waals surface area (Å²) >= 11 is 0. The minimum Gasteiger partial charge on any atom is -0.366 e. The van der Waals surface area contributed by atoms with E-state index in [9.17, 15) is 4.39 Å². The van der Waals surface area contributed by atoms with Crippen LogP contribution in [0.1, 0.15) is 32.3 Å². The van der Waals surface area contributed by atoms with Crippen molar-refractivity contribution >= 4 is 17.0 Å². The van der Waals surface area contributed by atoms with E-state index in [0.717, 1.165) is 12.8 Å². The Bertz CT molecular complexity index is 800. The van der Waals surface area contributed by atoms with Crippen molar-refractivity contribution in [1.29, 1.82) is 0 Å². The Morgan fingerprint density at radius 3 is 2.87 bits per heavy atom. The summed E-state index contributed by atoms with van der Waals surface area (Å²) in [5.41, 5.74) is 1.74. The second kappa shape index (κ2) is 6.68. The summed E-state index contributed by atoms with van der Waals surface area (Å²) in [4.78, 5) is 8.50. The lowest BCUT2D eigenvalue weighted by molar-refractivity contribution is 0.582. The van der Waals surface area contributed by atoms with Crippen LogP contribution in [0, 0.1) is 5.82 Å². The highest BCUT2D eigenvalue weighted by atomic mass is 19.1. The SMILES string of the molecule is CCC[C@H](C)Nc1ncnc2c1nnn2Cc1ccccc1F. The van der Waals surface area contributed by atoms with Crippen molar-refractivity contribution in [1.82, 2.24) is 25.0 Å². The number of hydrogen-bond acceptors (Lipinski definition) is 5. The molecular formula is C16H19FN6. The molecule has 3 aromatic rings. The summed E-state index contributed by atoms with van der Waals surface area (Å²) in [5.74, 6) is 0.399. The van der Waals surface area contributed by atoms with Crippen LogP contribution in [0.3, 0.4) is 0 Å². The van der Waals surface area contributed by atoms with Gasteiger partial charge in [-0.2, -0.15) is 0 Å². The van der Waals surface area contributed by atoms with Crippen molar-refractivity contribution in [2.45, 2.75) is 39.3 Å². The maximum atomic E-state index is 13.8. The lowest BCUT2D eigenvalue weighted by Gasteiger charge is -2.13. The van der Waals surface area contributed by atoms with Crippen LogP contribution < -0.4 is 5.32 Å². The summed E-state index contributed by atoms with van der Waals surface area (Å²) in [6.07, 6.45) is 3.60. The zero-order valence-corrected chi connectivity index (χ0v) is 13.2. The van der Waals surface area contributed by atoms with Gasteiger partial charge >= 0.3 is 0 Å². The molecule has 0 aliphatic heterocycles. The highest BCUT2D eigenvalue weighted by Gasteiger charge is 2.14. The van der Waals surface area contributed by atoms with Crippen LogP contribution >= 0.6 is 0 Å². The van der Waals surface area contributed by atoms with Gasteiger partial charge < -0.3 is 5.32 Å². The van der Waals surface area contributed by atoms with Gasteiger partial charge in [0.2, 0.25) is 0 Å². The highest BCUT2D eigenvalue weighted by Crippen LogP contribution is 2.19. The molecule has 6 nitrogen and oxygen atoms in total. The lowest BCUT2D eigenvalue weighted by atomic mass is 10.2. The Balaban J connectivity index is 1.91. The molecule has 0 aliphatic rings. The van der Waals surface area contributed by atoms with Gasteiger partial charge in [-0.3, -0.25) is 0 Å². The molecule has 7 heteroatoms. The zero-order valence-electron chi connectivity index (χ0n) is 13.2. The number of hydrogen-bond donors (Lipinski definition) is 1. The van der Waals surface area contributed by atoms with Crippen LogP contribution in [0.15, 0.2) is 30.6 Å². The predicted molar refractivity (Wildman–Crippen MR) is 86.6 cm³/mol. The molecule has 0 aliphatic carbocycles. The van der Waals surface area contributed by atoms with Crippen LogP contribution in [-0.2, 0) is 6.54 Å². The molecule has 0 fully saturated rings. The molecule has 2 heterocycles. The molecule has 0 spiro atoms. The first-order chi connectivity index (χ1) is 11.2. The van der Waals surface area contributed by atoms with E-state index in [-0.39, 0.29) is 18.4 Å². The molecule has 3 rings (SSSR count). The van der Waals surface area contributed by atoms with Crippen LogP contribution in [0.5, 0.6) is 0 Å². The van der Waals surface area contributed by atoms with Gasteiger partial charge in [-0.25, -0.2) is 19.0 Å². The third-order valence-corrected chi connectivity index (χ3v) is 3.68. The van der Waals surface area contributed by atoms with E-state index in [4.69, 9.17) is 0 Å². The van der Waals surface area contributed by atoms with Gasteiger partial charge in [-0.1, -0.05) is 36.8 Å². The van der Waals surface area contributed by atoms with E-state index >= 15 is 0 Å². The van der Waals surface area contributed by atoms with Crippen LogP contribution in [-0.4, -0.2) is 31.0 Å². The number of nitrogens with zero attached hydrogens (tertiary/aromatic N) is 5. The van der Waals surface area contributed by atoms with E-state index in [2.05, 4.69) is 39.4 Å². The molecular weight excluding hydrogens is 295 g/mol. The van der Waals surface area contributed by atoms with E-state index in [1.54, 1.807) is 22.9 Å². The van der Waals surface area contributed by atoms with Crippen molar-refractivity contribution in [3.8, 4) is 0 Å². The zero-order chi connectivity index (χ0) is 16.2. The smallest absolute Gasteiger partial charge is 0.184 e. The van der Waals surface area contributed by atoms with Crippen LogP contribution in [0.25, 0.3) is 11.2 Å². The molecule has 1 atom stereocenters. The van der Waals surface area contributed by atoms with E-state index in [1.807, 2.05) is 0 Å². The minimum atomic E-state index is -0.264. The van der Waals surface area contributed by atoms with Crippen molar-refractivity contribution in [3.63, 3.8) is 0 Å². The largest absolute Gasteiger partial charge is 0.366 e. The third-order valence-electron chi connectivity index (χ3n) is 3.68. The molecule has 0 saturated carbocycles. The van der Waals surface area contributed by atoms with Crippen molar-refractivity contribution in [3.05, 3.63) is 42.0 Å². The third kappa shape index (κ3) is 3.28. The fourth-order valence-electron chi connectivity index (χ4n) is 2.53. The van der Waals surface area contributed by atoms with Crippen LogP contribution in [0.4, 0.5) is 10.2 Å². The number of benzene rings is 1. The average Bonchev–Trinajstić information content (AvgIpc) is 2.94. The Kier molecular flexibility index (Phi) is 4.45. The summed E-state index contributed by atoms with van der Waals surface area (Å²) in [6, 6.07) is 6.91. The second-order valence-electron chi connectivity index (χ2n) is 5.57. The van der Waals surface area contributed by atoms with Crippen LogP contribution in [0.2, 0.25) is 0 Å². The van der Waals surface area contributed by atoms with Crippen molar-refractivity contribution < 1.29 is 4.39 Å². The van der Waals surface area contributed by atoms with E-state index in [0.29, 0.717) is 22.5 Å². The number of halogens is 1. The standard InChI is InChI=1S/C16H19FN6/c1-3-6-11(2)20-15-14-16(19-10-18-15)23(22-21-14)9-12-7-4-5-8-13(12)17/h4-5,7-8,10-11H,3,6,9H2,1-2H3,(H,18,19,20)/t11-/m0/s1. The number of fused-ring (bicyclic) bond motifs is 1. The van der Waals surface area contributed by atoms with Gasteiger partial charge in [0, 0.05) is 11.6 Å². The maximum Gasteiger partial charge on any atom is 0.184 e. The molecule has 1 aromatic carbocycles. The van der Waals surface area contributed by atoms with E-state index in [1.165, 1.54) is 12.4 Å². The number of anilines is 1. The molecule has 0 radical (unpaired) electrons. The van der Waals surface area contributed by atoms with Gasteiger partial charge in [-0.05, 0) is 19.4 Å². The lowest BCUT2D eigenvalue weighted by Crippen LogP contribution is -2.16. The molecule has 0 unspecified atom stereocenters. The quantitative estimate of drug-likeness (QED) is 0.757. The Labute approximate surface area is 133 Å². The summed E-state index contributed by atoms with van der Waals surface area (Å²) in [7, 11) is 0. The topological polar surface area (TPSA) is 68.5 Å². The molecule has 0 saturated heterocycles. The molecule has 23 heavy (non-hydrogen) atoms. The van der Waals surface area contributed by atoms with Gasteiger partial charge in [0.15, 0.2) is 17.0 Å². The minimum absolute atomic E-state index is 0.264. The first kappa shape index (κ1) is 15.3. The molecule has 120 valence electrons. The van der Waals surface area contributed by atoms with Gasteiger partial charge in [0.1, 0.15) is 12.1 Å². The number of rotatable bonds is 6. The summed E-state index contributed by atoms with van der Waals surface area (Å²) in [5, 5.41) is 11.6. The van der Waals surface area contributed by atoms with Gasteiger partial charge in [0.05, 0.1) is 6.54 Å². The molecule has 0 amide bonds.